The topological polar surface area (TPSA) is 127 Å². The van der Waals surface area contributed by atoms with Crippen LogP contribution in [-0.4, -0.2) is 52.3 Å². The van der Waals surface area contributed by atoms with Crippen molar-refractivity contribution in [2.24, 2.45) is 5.92 Å². The lowest BCUT2D eigenvalue weighted by atomic mass is 9.78. The number of nitrogens with zero attached hydrogens (tertiary/aromatic N) is 4. The van der Waals surface area contributed by atoms with E-state index in [2.05, 4.69) is 36.1 Å². The van der Waals surface area contributed by atoms with Gasteiger partial charge in [-0.15, -0.1) is 0 Å². The molecule has 2 aromatic heterocycles. The first-order valence-electron chi connectivity index (χ1n) is 10.1. The molecule has 13 heteroatoms. The molecule has 1 saturated carbocycles. The molecule has 0 aromatic carbocycles. The van der Waals surface area contributed by atoms with Crippen molar-refractivity contribution in [1.82, 2.24) is 20.1 Å². The number of carbonyl (C=O) groups excluding carboxylic acids is 1. The highest BCUT2D eigenvalue weighted by atomic mass is 19.4. The maximum atomic E-state index is 12.6. The summed E-state index contributed by atoms with van der Waals surface area (Å²) in [5, 5.41) is 12.0. The number of nitrogens with one attached hydrogen (secondary N) is 3. The summed E-state index contributed by atoms with van der Waals surface area (Å²) in [6, 6.07) is 0.0668. The number of methoxy groups -OCH3 is 1. The Bertz CT molecular complexity index is 945. The number of rotatable bonds is 9. The van der Waals surface area contributed by atoms with Crippen molar-refractivity contribution in [2.75, 3.05) is 30.1 Å². The lowest BCUT2D eigenvalue weighted by molar-refractivity contribution is -0.146. The van der Waals surface area contributed by atoms with Crippen molar-refractivity contribution >= 4 is 23.4 Å². The van der Waals surface area contributed by atoms with Crippen LogP contribution in [0.2, 0.25) is 0 Å². The summed E-state index contributed by atoms with van der Waals surface area (Å²) >= 11 is 0. The molecule has 3 rings (SSSR count). The maximum absolute atomic E-state index is 12.6. The van der Waals surface area contributed by atoms with Crippen molar-refractivity contribution in [2.45, 2.75) is 57.9 Å². The molecule has 176 valence electrons. The van der Waals surface area contributed by atoms with E-state index in [9.17, 15) is 18.0 Å². The number of ether oxygens (including phenoxy) is 1. The van der Waals surface area contributed by atoms with Crippen molar-refractivity contribution < 1.29 is 27.2 Å². The predicted molar refractivity (Wildman–Crippen MR) is 109 cm³/mol. The van der Waals surface area contributed by atoms with Gasteiger partial charge in [0.05, 0.1) is 18.2 Å². The second kappa shape index (κ2) is 9.67. The lowest BCUT2D eigenvalue weighted by Crippen LogP contribution is -2.37. The van der Waals surface area contributed by atoms with Gasteiger partial charge in [0, 0.05) is 26.6 Å². The third-order valence-electron chi connectivity index (χ3n) is 5.22. The van der Waals surface area contributed by atoms with Crippen LogP contribution in [0.25, 0.3) is 0 Å². The number of hydrogen-bond donors (Lipinski definition) is 3. The zero-order valence-electron chi connectivity index (χ0n) is 18.2. The number of hydrogen-bond acceptors (Lipinski definition) is 9. The third kappa shape index (κ3) is 5.84. The summed E-state index contributed by atoms with van der Waals surface area (Å²) in [7, 11) is 3.23. The Morgan fingerprint density at radius 3 is 2.59 bits per heavy atom. The molecule has 1 fully saturated rings. The minimum absolute atomic E-state index is 0.0202. The zero-order valence-corrected chi connectivity index (χ0v) is 18.2. The fourth-order valence-corrected chi connectivity index (χ4v) is 3.41. The van der Waals surface area contributed by atoms with E-state index in [1.807, 2.05) is 0 Å². The van der Waals surface area contributed by atoms with Gasteiger partial charge >= 0.3 is 6.18 Å². The number of alkyl halides is 3. The van der Waals surface area contributed by atoms with E-state index < -0.39 is 12.0 Å². The zero-order chi connectivity index (χ0) is 23.5. The van der Waals surface area contributed by atoms with E-state index in [0.29, 0.717) is 36.0 Å². The van der Waals surface area contributed by atoms with Crippen molar-refractivity contribution in [3.05, 3.63) is 17.4 Å². The molecule has 0 radical (unpaired) electrons. The molecule has 1 aliphatic carbocycles. The highest BCUT2D eigenvalue weighted by molar-refractivity contribution is 5.94. The normalized spacial score (nSPS) is 19.2. The Labute approximate surface area is 182 Å². The molecular formula is C19H26F3N7O3. The summed E-state index contributed by atoms with van der Waals surface area (Å²) in [6.45, 7) is 3.56. The van der Waals surface area contributed by atoms with E-state index in [-0.39, 0.29) is 42.7 Å². The summed E-state index contributed by atoms with van der Waals surface area (Å²) in [4.78, 5) is 24.4. The standard InChI is InChI=1S/C19H26F3N7O3/c1-9(31-4)5-13(30)26-15-10(2)24-18(28-16(15)23-3)25-12-6-11(7-12)8-14-27-17(29-32-14)19(20,21)22/h9,11-12H,5-8H2,1-4H3,(H,26,30)(H2,23,24,25,28). The van der Waals surface area contributed by atoms with E-state index >= 15 is 0 Å². The van der Waals surface area contributed by atoms with Crippen LogP contribution in [0.15, 0.2) is 4.52 Å². The van der Waals surface area contributed by atoms with E-state index in [0.717, 1.165) is 0 Å². The molecule has 3 N–H and O–H groups in total. The molecule has 0 spiro atoms. The van der Waals surface area contributed by atoms with Crippen LogP contribution in [0.4, 0.5) is 30.6 Å². The number of aryl methyl sites for hydroxylation is 1. The summed E-state index contributed by atoms with van der Waals surface area (Å²) in [6.07, 6.45) is -2.93. The molecule has 1 unspecified atom stereocenters. The second-order valence-electron chi connectivity index (χ2n) is 7.80. The number of amides is 1. The van der Waals surface area contributed by atoms with E-state index in [4.69, 9.17) is 9.26 Å². The van der Waals surface area contributed by atoms with Gasteiger partial charge in [-0.1, -0.05) is 5.16 Å². The van der Waals surface area contributed by atoms with Gasteiger partial charge in [0.2, 0.25) is 17.7 Å². The molecule has 2 heterocycles. The average molecular weight is 457 g/mol. The molecule has 0 saturated heterocycles. The predicted octanol–water partition coefficient (Wildman–Crippen LogP) is 3.03. The molecular weight excluding hydrogens is 431 g/mol. The van der Waals surface area contributed by atoms with Gasteiger partial charge in [-0.05, 0) is 32.6 Å². The Morgan fingerprint density at radius 1 is 1.28 bits per heavy atom. The van der Waals surface area contributed by atoms with Crippen molar-refractivity contribution in [1.29, 1.82) is 0 Å². The monoisotopic (exact) mass is 457 g/mol. The van der Waals surface area contributed by atoms with Gasteiger partial charge in [-0.3, -0.25) is 4.79 Å². The fraction of sp³-hybridized carbons (Fsp3) is 0.632. The van der Waals surface area contributed by atoms with Gasteiger partial charge in [0.15, 0.2) is 5.82 Å². The Hall–Kier alpha value is -2.96. The fourth-order valence-electron chi connectivity index (χ4n) is 3.41. The summed E-state index contributed by atoms with van der Waals surface area (Å²) < 4.78 is 47.5. The van der Waals surface area contributed by atoms with Crippen LogP contribution in [0.3, 0.4) is 0 Å². The number of halogens is 3. The summed E-state index contributed by atoms with van der Waals surface area (Å²) in [5.74, 6) is -0.488. The summed E-state index contributed by atoms with van der Waals surface area (Å²) in [5.41, 5.74) is 1.08. The quantitative estimate of drug-likeness (QED) is 0.521. The van der Waals surface area contributed by atoms with Crippen LogP contribution in [0.5, 0.6) is 0 Å². The lowest BCUT2D eigenvalue weighted by Gasteiger charge is -2.35. The Kier molecular flexibility index (Phi) is 7.16. The van der Waals surface area contributed by atoms with E-state index in [1.54, 1.807) is 28.0 Å². The average Bonchev–Trinajstić information content (AvgIpc) is 3.17. The van der Waals surface area contributed by atoms with Crippen LogP contribution >= 0.6 is 0 Å². The minimum atomic E-state index is -4.61. The molecule has 10 nitrogen and oxygen atoms in total. The first kappa shape index (κ1) is 23.7. The molecule has 2 aromatic rings. The maximum Gasteiger partial charge on any atom is 0.455 e. The highest BCUT2D eigenvalue weighted by Gasteiger charge is 2.38. The van der Waals surface area contributed by atoms with Crippen molar-refractivity contribution in [3.8, 4) is 0 Å². The van der Waals surface area contributed by atoms with Gasteiger partial charge in [-0.2, -0.15) is 23.1 Å². The molecule has 0 aliphatic heterocycles. The molecule has 0 bridgehead atoms. The van der Waals surface area contributed by atoms with Crippen LogP contribution in [0, 0.1) is 12.8 Å². The van der Waals surface area contributed by atoms with Gasteiger partial charge in [0.1, 0.15) is 5.69 Å². The largest absolute Gasteiger partial charge is 0.455 e. The first-order chi connectivity index (χ1) is 15.1. The van der Waals surface area contributed by atoms with Crippen LogP contribution < -0.4 is 16.0 Å². The molecule has 32 heavy (non-hydrogen) atoms. The number of carbonyl (C=O) groups is 1. The molecule has 1 amide bonds. The van der Waals surface area contributed by atoms with E-state index in [1.165, 1.54) is 0 Å². The molecule has 1 aliphatic rings. The highest BCUT2D eigenvalue weighted by Crippen LogP contribution is 2.34. The Morgan fingerprint density at radius 2 is 2.00 bits per heavy atom. The first-order valence-corrected chi connectivity index (χ1v) is 10.1. The smallest absolute Gasteiger partial charge is 0.381 e. The minimum Gasteiger partial charge on any atom is -0.381 e. The van der Waals surface area contributed by atoms with Crippen LogP contribution in [-0.2, 0) is 22.1 Å². The van der Waals surface area contributed by atoms with Gasteiger partial charge in [-0.25, -0.2) is 4.98 Å². The SMILES string of the molecule is CNc1nc(NC2CC(Cc3nc(C(F)(F)F)no3)C2)nc(C)c1NC(=O)CC(C)OC. The van der Waals surface area contributed by atoms with Gasteiger partial charge in [0.25, 0.3) is 5.82 Å². The third-order valence-corrected chi connectivity index (χ3v) is 5.22. The van der Waals surface area contributed by atoms with Crippen LogP contribution in [0.1, 0.15) is 43.6 Å². The van der Waals surface area contributed by atoms with Gasteiger partial charge < -0.3 is 25.2 Å². The second-order valence-corrected chi connectivity index (χ2v) is 7.80. The number of aromatic nitrogens is 4. The van der Waals surface area contributed by atoms with Crippen molar-refractivity contribution in [3.63, 3.8) is 0 Å². The molecule has 1 atom stereocenters. The Balaban J connectivity index is 1.55. The number of anilines is 3.